The fourth-order valence-corrected chi connectivity index (χ4v) is 3.91. The van der Waals surface area contributed by atoms with Crippen LogP contribution < -0.4 is 5.32 Å². The standard InChI is InChI=1S/C17H21F3N2O5S/c1-2-28(25,26)22-8-6-12(7-9-22)16(24)27-11-15(23)21-14-5-3-4-13(10-14)17(18,19)20/h3-5,10,12H,2,6-9,11H2,1H3,(H,21,23). The number of benzene rings is 1. The molecule has 7 nitrogen and oxygen atoms in total. The van der Waals surface area contributed by atoms with Crippen molar-refractivity contribution in [2.45, 2.75) is 25.9 Å². The lowest BCUT2D eigenvalue weighted by Gasteiger charge is -2.29. The summed E-state index contributed by atoms with van der Waals surface area (Å²) in [6.45, 7) is 1.31. The van der Waals surface area contributed by atoms with Gasteiger partial charge in [0.2, 0.25) is 10.0 Å². The van der Waals surface area contributed by atoms with Crippen molar-refractivity contribution in [1.82, 2.24) is 4.31 Å². The summed E-state index contributed by atoms with van der Waals surface area (Å²) in [5.74, 6) is -1.94. The van der Waals surface area contributed by atoms with E-state index in [9.17, 15) is 31.2 Å². The largest absolute Gasteiger partial charge is 0.455 e. The van der Waals surface area contributed by atoms with Crippen molar-refractivity contribution in [3.8, 4) is 0 Å². The number of hydrogen-bond donors (Lipinski definition) is 1. The first kappa shape index (κ1) is 22.2. The molecule has 28 heavy (non-hydrogen) atoms. The van der Waals surface area contributed by atoms with E-state index in [1.807, 2.05) is 0 Å². The molecule has 1 aliphatic rings. The molecule has 0 aromatic heterocycles. The molecule has 1 N–H and O–H groups in total. The molecule has 1 heterocycles. The fourth-order valence-electron chi connectivity index (χ4n) is 2.78. The van der Waals surface area contributed by atoms with Gasteiger partial charge in [0.1, 0.15) is 0 Å². The van der Waals surface area contributed by atoms with Crippen LogP contribution in [0.1, 0.15) is 25.3 Å². The number of nitrogens with zero attached hydrogens (tertiary/aromatic N) is 1. The highest BCUT2D eigenvalue weighted by molar-refractivity contribution is 7.89. The molecule has 1 aromatic rings. The Morgan fingerprint density at radius 2 is 1.89 bits per heavy atom. The van der Waals surface area contributed by atoms with Crippen LogP contribution in [0.3, 0.4) is 0 Å². The Hall–Kier alpha value is -2.14. The van der Waals surface area contributed by atoms with Gasteiger partial charge in [-0.1, -0.05) is 6.07 Å². The van der Waals surface area contributed by atoms with Crippen LogP contribution in [-0.2, 0) is 30.5 Å². The van der Waals surface area contributed by atoms with Gasteiger partial charge in [-0.25, -0.2) is 12.7 Å². The van der Waals surface area contributed by atoms with E-state index in [2.05, 4.69) is 5.32 Å². The summed E-state index contributed by atoms with van der Waals surface area (Å²) in [5, 5.41) is 2.24. The first-order chi connectivity index (χ1) is 13.0. The summed E-state index contributed by atoms with van der Waals surface area (Å²) < 4.78 is 67.8. The monoisotopic (exact) mass is 422 g/mol. The van der Waals surface area contributed by atoms with Gasteiger partial charge in [0.05, 0.1) is 17.2 Å². The van der Waals surface area contributed by atoms with E-state index in [4.69, 9.17) is 4.74 Å². The summed E-state index contributed by atoms with van der Waals surface area (Å²) in [7, 11) is -3.31. The molecule has 156 valence electrons. The lowest BCUT2D eigenvalue weighted by Crippen LogP contribution is -2.41. The number of anilines is 1. The van der Waals surface area contributed by atoms with Gasteiger partial charge in [-0.3, -0.25) is 9.59 Å². The zero-order chi connectivity index (χ0) is 20.9. The summed E-state index contributed by atoms with van der Waals surface area (Å²) in [6, 6.07) is 4.10. The highest BCUT2D eigenvalue weighted by Gasteiger charge is 2.32. The molecular weight excluding hydrogens is 401 g/mol. The molecule has 0 atom stereocenters. The van der Waals surface area contributed by atoms with Crippen molar-refractivity contribution >= 4 is 27.6 Å². The number of hydrogen-bond acceptors (Lipinski definition) is 5. The summed E-state index contributed by atoms with van der Waals surface area (Å²) in [6.07, 6.45) is -3.96. The number of carbonyl (C=O) groups is 2. The van der Waals surface area contributed by atoms with Gasteiger partial charge >= 0.3 is 12.1 Å². The molecule has 0 bridgehead atoms. The highest BCUT2D eigenvalue weighted by atomic mass is 32.2. The molecule has 0 saturated carbocycles. The van der Waals surface area contributed by atoms with Gasteiger partial charge in [-0.15, -0.1) is 0 Å². The van der Waals surface area contributed by atoms with Crippen LogP contribution in [0.2, 0.25) is 0 Å². The summed E-state index contributed by atoms with van der Waals surface area (Å²) in [4.78, 5) is 23.9. The average Bonchev–Trinajstić information content (AvgIpc) is 2.65. The van der Waals surface area contributed by atoms with E-state index in [1.54, 1.807) is 6.92 Å². The molecule has 1 aromatic carbocycles. The quantitative estimate of drug-likeness (QED) is 0.710. The molecule has 1 saturated heterocycles. The number of esters is 1. The predicted octanol–water partition coefficient (Wildman–Crippen LogP) is 2.25. The van der Waals surface area contributed by atoms with Crippen molar-refractivity contribution < 1.29 is 35.9 Å². The Labute approximate surface area is 160 Å². The molecule has 11 heteroatoms. The van der Waals surface area contributed by atoms with Crippen LogP contribution in [0.25, 0.3) is 0 Å². The molecule has 0 spiro atoms. The maximum atomic E-state index is 12.7. The number of ether oxygens (including phenoxy) is 1. The Bertz CT molecular complexity index is 818. The van der Waals surface area contributed by atoms with Crippen LogP contribution in [0.15, 0.2) is 24.3 Å². The van der Waals surface area contributed by atoms with Crippen molar-refractivity contribution in [2.75, 3.05) is 30.8 Å². The SMILES string of the molecule is CCS(=O)(=O)N1CCC(C(=O)OCC(=O)Nc2cccc(C(F)(F)F)c2)CC1. The zero-order valence-electron chi connectivity index (χ0n) is 15.2. The van der Waals surface area contributed by atoms with Crippen LogP contribution in [-0.4, -0.2) is 50.0 Å². The number of sulfonamides is 1. The normalized spacial score (nSPS) is 16.6. The first-order valence-corrected chi connectivity index (χ1v) is 10.3. The minimum absolute atomic E-state index is 0.0160. The van der Waals surface area contributed by atoms with E-state index in [0.717, 1.165) is 18.2 Å². The second kappa shape index (κ2) is 8.91. The average molecular weight is 422 g/mol. The fraction of sp³-hybridized carbons (Fsp3) is 0.529. The third-order valence-corrected chi connectivity index (χ3v) is 6.25. The molecule has 0 unspecified atom stereocenters. The second-order valence-corrected chi connectivity index (χ2v) is 8.57. The number of amides is 1. The third-order valence-electron chi connectivity index (χ3n) is 4.36. The highest BCUT2D eigenvalue weighted by Crippen LogP contribution is 2.30. The minimum atomic E-state index is -4.53. The van der Waals surface area contributed by atoms with Crippen LogP contribution in [0.5, 0.6) is 0 Å². The minimum Gasteiger partial charge on any atom is -0.455 e. The summed E-state index contributed by atoms with van der Waals surface area (Å²) >= 11 is 0. The number of piperidine rings is 1. The van der Waals surface area contributed by atoms with Crippen molar-refractivity contribution in [3.63, 3.8) is 0 Å². The van der Waals surface area contributed by atoms with E-state index in [-0.39, 0.29) is 37.4 Å². The molecular formula is C17H21F3N2O5S. The van der Waals surface area contributed by atoms with Crippen molar-refractivity contribution in [2.24, 2.45) is 5.92 Å². The van der Waals surface area contributed by atoms with Crippen molar-refractivity contribution in [1.29, 1.82) is 0 Å². The van der Waals surface area contributed by atoms with Gasteiger partial charge in [0.15, 0.2) is 6.61 Å². The van der Waals surface area contributed by atoms with Gasteiger partial charge in [-0.2, -0.15) is 13.2 Å². The van der Waals surface area contributed by atoms with Crippen LogP contribution >= 0.6 is 0 Å². The Morgan fingerprint density at radius 3 is 2.46 bits per heavy atom. The second-order valence-electron chi connectivity index (χ2n) is 6.31. The lowest BCUT2D eigenvalue weighted by molar-refractivity contribution is -0.152. The number of carbonyl (C=O) groups excluding carboxylic acids is 2. The van der Waals surface area contributed by atoms with Crippen molar-refractivity contribution in [3.05, 3.63) is 29.8 Å². The van der Waals surface area contributed by atoms with Crippen LogP contribution in [0, 0.1) is 5.92 Å². The molecule has 2 rings (SSSR count). The maximum absolute atomic E-state index is 12.7. The Morgan fingerprint density at radius 1 is 1.25 bits per heavy atom. The molecule has 1 fully saturated rings. The molecule has 0 radical (unpaired) electrons. The lowest BCUT2D eigenvalue weighted by atomic mass is 9.98. The smallest absolute Gasteiger partial charge is 0.416 e. The van der Waals surface area contributed by atoms with E-state index >= 15 is 0 Å². The zero-order valence-corrected chi connectivity index (χ0v) is 16.0. The number of halogens is 3. The van der Waals surface area contributed by atoms with Gasteiger partial charge in [0, 0.05) is 18.8 Å². The van der Waals surface area contributed by atoms with E-state index in [1.165, 1.54) is 10.4 Å². The number of rotatable bonds is 6. The molecule has 0 aliphatic carbocycles. The Balaban J connectivity index is 1.81. The van der Waals surface area contributed by atoms with Gasteiger partial charge in [-0.05, 0) is 38.0 Å². The summed E-state index contributed by atoms with van der Waals surface area (Å²) in [5.41, 5.74) is -0.968. The molecule has 1 aliphatic heterocycles. The maximum Gasteiger partial charge on any atom is 0.416 e. The topological polar surface area (TPSA) is 92.8 Å². The van der Waals surface area contributed by atoms with Gasteiger partial charge < -0.3 is 10.1 Å². The number of alkyl halides is 3. The van der Waals surface area contributed by atoms with Gasteiger partial charge in [0.25, 0.3) is 5.91 Å². The van der Waals surface area contributed by atoms with E-state index in [0.29, 0.717) is 0 Å². The third kappa shape index (κ3) is 5.93. The first-order valence-electron chi connectivity index (χ1n) is 8.64. The number of nitrogens with one attached hydrogen (secondary N) is 1. The molecule has 1 amide bonds. The van der Waals surface area contributed by atoms with Crippen LogP contribution in [0.4, 0.5) is 18.9 Å². The Kier molecular flexibility index (Phi) is 7.05. The predicted molar refractivity (Wildman–Crippen MR) is 94.8 cm³/mol. The van der Waals surface area contributed by atoms with E-state index < -0.39 is 46.2 Å².